The third-order valence-corrected chi connectivity index (χ3v) is 3.62. The third kappa shape index (κ3) is 3.97. The fourth-order valence-corrected chi connectivity index (χ4v) is 2.43. The molecule has 0 bridgehead atoms. The van der Waals surface area contributed by atoms with Crippen LogP contribution in [0.15, 0.2) is 48.5 Å². The highest BCUT2D eigenvalue weighted by molar-refractivity contribution is 6.33. The van der Waals surface area contributed by atoms with Gasteiger partial charge in [-0.15, -0.1) is 0 Å². The lowest BCUT2D eigenvalue weighted by molar-refractivity contribution is 0.625. The molecule has 0 saturated heterocycles. The third-order valence-electron chi connectivity index (χ3n) is 3.31. The molecule has 0 radical (unpaired) electrons. The Morgan fingerprint density at radius 3 is 2.55 bits per heavy atom. The van der Waals surface area contributed by atoms with Crippen molar-refractivity contribution >= 4 is 17.3 Å². The van der Waals surface area contributed by atoms with Crippen molar-refractivity contribution in [1.82, 2.24) is 0 Å². The van der Waals surface area contributed by atoms with E-state index in [9.17, 15) is 4.39 Å². The average molecular weight is 292 g/mol. The Balaban J connectivity index is 2.19. The Labute approximate surface area is 124 Å². The lowest BCUT2D eigenvalue weighted by atomic mass is 10.0. The Kier molecular flexibility index (Phi) is 5.42. The highest BCUT2D eigenvalue weighted by Gasteiger charge is 2.12. The van der Waals surface area contributed by atoms with Crippen LogP contribution in [0, 0.1) is 5.82 Å². The van der Waals surface area contributed by atoms with Crippen LogP contribution in [0.25, 0.3) is 0 Å². The van der Waals surface area contributed by atoms with E-state index in [2.05, 4.69) is 24.4 Å². The molecule has 3 heteroatoms. The van der Waals surface area contributed by atoms with Gasteiger partial charge in [-0.05, 0) is 30.2 Å². The fourth-order valence-electron chi connectivity index (χ4n) is 2.21. The summed E-state index contributed by atoms with van der Waals surface area (Å²) in [6, 6.07) is 14.9. The molecule has 0 amide bonds. The summed E-state index contributed by atoms with van der Waals surface area (Å²) < 4.78 is 13.1. The van der Waals surface area contributed by atoms with E-state index in [4.69, 9.17) is 11.6 Å². The first-order valence-electron chi connectivity index (χ1n) is 6.97. The second kappa shape index (κ2) is 7.30. The number of halogens is 2. The Morgan fingerprint density at radius 1 is 1.15 bits per heavy atom. The van der Waals surface area contributed by atoms with Crippen LogP contribution in [-0.4, -0.2) is 0 Å². The molecule has 0 aliphatic heterocycles. The molecular formula is C17H19ClFN. The maximum Gasteiger partial charge on any atom is 0.124 e. The van der Waals surface area contributed by atoms with Crippen molar-refractivity contribution in [1.29, 1.82) is 0 Å². The molecular weight excluding hydrogens is 273 g/mol. The van der Waals surface area contributed by atoms with Crippen molar-refractivity contribution in [2.24, 2.45) is 0 Å². The smallest absolute Gasteiger partial charge is 0.124 e. The van der Waals surface area contributed by atoms with Gasteiger partial charge in [0.2, 0.25) is 0 Å². The van der Waals surface area contributed by atoms with Gasteiger partial charge >= 0.3 is 0 Å². The topological polar surface area (TPSA) is 12.0 Å². The quantitative estimate of drug-likeness (QED) is 0.707. The molecule has 1 nitrogen and oxygen atoms in total. The summed E-state index contributed by atoms with van der Waals surface area (Å²) in [5.74, 6) is -0.314. The molecule has 1 N–H and O–H groups in total. The largest absolute Gasteiger partial charge is 0.377 e. The number of hydrogen-bond donors (Lipinski definition) is 1. The maximum absolute atomic E-state index is 13.1. The van der Waals surface area contributed by atoms with Gasteiger partial charge in [0.05, 0.1) is 16.8 Å². The van der Waals surface area contributed by atoms with Crippen LogP contribution >= 0.6 is 11.6 Å². The molecule has 0 saturated carbocycles. The molecule has 0 spiro atoms. The van der Waals surface area contributed by atoms with Crippen LogP contribution in [0.5, 0.6) is 0 Å². The van der Waals surface area contributed by atoms with Gasteiger partial charge in [-0.1, -0.05) is 61.7 Å². The number of hydrogen-bond acceptors (Lipinski definition) is 1. The normalized spacial score (nSPS) is 12.2. The molecule has 1 atom stereocenters. The summed E-state index contributed by atoms with van der Waals surface area (Å²) in [7, 11) is 0. The number of rotatable bonds is 6. The molecule has 0 heterocycles. The summed E-state index contributed by atoms with van der Waals surface area (Å²) in [5.41, 5.74) is 2.00. The van der Waals surface area contributed by atoms with E-state index in [0.717, 1.165) is 24.9 Å². The zero-order valence-corrected chi connectivity index (χ0v) is 12.3. The second-order valence-electron chi connectivity index (χ2n) is 4.87. The van der Waals surface area contributed by atoms with Gasteiger partial charge in [-0.2, -0.15) is 0 Å². The minimum Gasteiger partial charge on any atom is -0.377 e. The Bertz CT molecular complexity index is 542. The molecule has 106 valence electrons. The highest BCUT2D eigenvalue weighted by Crippen LogP contribution is 2.29. The fraction of sp³-hybridized carbons (Fsp3) is 0.294. The first-order valence-corrected chi connectivity index (χ1v) is 7.35. The molecule has 0 aliphatic carbocycles. The lowest BCUT2D eigenvalue weighted by Gasteiger charge is -2.21. The van der Waals surface area contributed by atoms with E-state index in [1.54, 1.807) is 6.07 Å². The molecule has 1 unspecified atom stereocenters. The second-order valence-corrected chi connectivity index (χ2v) is 5.28. The van der Waals surface area contributed by atoms with Crippen molar-refractivity contribution in [3.8, 4) is 0 Å². The van der Waals surface area contributed by atoms with Crippen LogP contribution in [0.2, 0.25) is 5.02 Å². The minimum atomic E-state index is -0.314. The monoisotopic (exact) mass is 291 g/mol. The van der Waals surface area contributed by atoms with Crippen molar-refractivity contribution in [3.05, 3.63) is 64.9 Å². The Hall–Kier alpha value is -1.54. The number of anilines is 1. The summed E-state index contributed by atoms with van der Waals surface area (Å²) in [6.07, 6.45) is 3.29. The molecule has 2 aromatic rings. The summed E-state index contributed by atoms with van der Waals surface area (Å²) in [4.78, 5) is 0. The summed E-state index contributed by atoms with van der Waals surface area (Å²) in [5, 5.41) is 3.85. The molecule has 0 fully saturated rings. The van der Waals surface area contributed by atoms with Gasteiger partial charge < -0.3 is 5.32 Å². The standard InChI is InChI=1S/C17H19ClFN/c1-2-3-9-16(13-7-5-4-6-8-13)20-17-11-10-14(19)12-15(17)18/h4-8,10-12,16,20H,2-3,9H2,1H3. The SMILES string of the molecule is CCCCC(Nc1ccc(F)cc1Cl)c1ccccc1. The van der Waals surface area contributed by atoms with Gasteiger partial charge in [-0.3, -0.25) is 0 Å². The first-order chi connectivity index (χ1) is 9.70. The van der Waals surface area contributed by atoms with Crippen molar-refractivity contribution in [3.63, 3.8) is 0 Å². The summed E-state index contributed by atoms with van der Waals surface area (Å²) in [6.45, 7) is 2.17. The molecule has 20 heavy (non-hydrogen) atoms. The van der Waals surface area contributed by atoms with E-state index < -0.39 is 0 Å². The predicted molar refractivity (Wildman–Crippen MR) is 83.7 cm³/mol. The van der Waals surface area contributed by atoms with Crippen molar-refractivity contribution < 1.29 is 4.39 Å². The van der Waals surface area contributed by atoms with Crippen LogP contribution in [0.3, 0.4) is 0 Å². The average Bonchev–Trinajstić information content (AvgIpc) is 2.46. The molecule has 2 aromatic carbocycles. The predicted octanol–water partition coefficient (Wildman–Crippen LogP) is 5.82. The van der Waals surface area contributed by atoms with E-state index in [0.29, 0.717) is 5.02 Å². The zero-order chi connectivity index (χ0) is 14.4. The summed E-state index contributed by atoms with van der Waals surface area (Å²) >= 11 is 6.09. The van der Waals surface area contributed by atoms with Gasteiger partial charge in [0.15, 0.2) is 0 Å². The van der Waals surface area contributed by atoms with Crippen LogP contribution < -0.4 is 5.32 Å². The van der Waals surface area contributed by atoms with Gasteiger partial charge in [0.25, 0.3) is 0 Å². The minimum absolute atomic E-state index is 0.194. The van der Waals surface area contributed by atoms with Gasteiger partial charge in [-0.25, -0.2) is 4.39 Å². The maximum atomic E-state index is 13.1. The van der Waals surface area contributed by atoms with E-state index in [1.165, 1.54) is 17.7 Å². The van der Waals surface area contributed by atoms with E-state index in [1.807, 2.05) is 18.2 Å². The van der Waals surface area contributed by atoms with Crippen LogP contribution in [0.1, 0.15) is 37.8 Å². The van der Waals surface area contributed by atoms with Crippen LogP contribution in [-0.2, 0) is 0 Å². The lowest BCUT2D eigenvalue weighted by Crippen LogP contribution is -2.11. The van der Waals surface area contributed by atoms with E-state index in [-0.39, 0.29) is 11.9 Å². The van der Waals surface area contributed by atoms with E-state index >= 15 is 0 Å². The zero-order valence-electron chi connectivity index (χ0n) is 11.6. The highest BCUT2D eigenvalue weighted by atomic mass is 35.5. The van der Waals surface area contributed by atoms with Crippen LogP contribution in [0.4, 0.5) is 10.1 Å². The van der Waals surface area contributed by atoms with Crippen molar-refractivity contribution in [2.45, 2.75) is 32.2 Å². The Morgan fingerprint density at radius 2 is 1.90 bits per heavy atom. The molecule has 0 aromatic heterocycles. The van der Waals surface area contributed by atoms with Gasteiger partial charge in [0, 0.05) is 0 Å². The van der Waals surface area contributed by atoms with Gasteiger partial charge in [0.1, 0.15) is 5.82 Å². The van der Waals surface area contributed by atoms with Crippen molar-refractivity contribution in [2.75, 3.05) is 5.32 Å². The number of unbranched alkanes of at least 4 members (excludes halogenated alkanes) is 1. The number of nitrogens with one attached hydrogen (secondary N) is 1. The molecule has 0 aliphatic rings. The molecule has 2 rings (SSSR count). The first kappa shape index (κ1) is 14.9. The number of benzene rings is 2.